The summed E-state index contributed by atoms with van der Waals surface area (Å²) >= 11 is 1.68. The first-order valence-corrected chi connectivity index (χ1v) is 3.85. The smallest absolute Gasteiger partial charge is 0.0908 e. The van der Waals surface area contributed by atoms with Gasteiger partial charge in [0, 0.05) is 12.4 Å². The molecular weight excluding hydrogens is 144 g/mol. The Kier molecular flexibility index (Phi) is 1.17. The van der Waals surface area contributed by atoms with Crippen LogP contribution < -0.4 is 0 Å². The van der Waals surface area contributed by atoms with Crippen molar-refractivity contribution in [3.05, 3.63) is 23.5 Å². The molecule has 0 aliphatic rings. The van der Waals surface area contributed by atoms with Gasteiger partial charge in [0.1, 0.15) is 0 Å². The Labute approximate surface area is 62.6 Å². The van der Waals surface area contributed by atoms with E-state index in [9.17, 15) is 0 Å². The molecule has 0 spiro atoms. The molecule has 2 heterocycles. The maximum absolute atomic E-state index is 4.29. The van der Waals surface area contributed by atoms with Gasteiger partial charge in [-0.3, -0.25) is 4.98 Å². The molecule has 0 saturated heterocycles. The average Bonchev–Trinajstić information content (AvgIpc) is 2.27. The third-order valence-electron chi connectivity index (χ3n) is 1.30. The molecule has 0 bridgehead atoms. The Balaban J connectivity index is 2.88. The first-order valence-electron chi connectivity index (χ1n) is 3.03. The van der Waals surface area contributed by atoms with Crippen LogP contribution in [-0.2, 0) is 0 Å². The van der Waals surface area contributed by atoms with E-state index in [0.29, 0.717) is 0 Å². The highest BCUT2D eigenvalue weighted by Gasteiger charge is 1.96. The van der Waals surface area contributed by atoms with Gasteiger partial charge in [-0.05, 0) is 13.0 Å². The number of aryl methyl sites for hydroxylation is 1. The number of thiazole rings is 1. The third kappa shape index (κ3) is 0.789. The molecule has 10 heavy (non-hydrogen) atoms. The largest absolute Gasteiger partial charge is 0.263 e. The SMILES string of the molecule is Cc1nc2ccncc2s1. The van der Waals surface area contributed by atoms with E-state index < -0.39 is 0 Å². The Morgan fingerprint density at radius 2 is 2.40 bits per heavy atom. The molecule has 0 fully saturated rings. The lowest BCUT2D eigenvalue weighted by molar-refractivity contribution is 1.32. The zero-order valence-corrected chi connectivity index (χ0v) is 6.35. The first-order chi connectivity index (χ1) is 4.86. The number of pyridine rings is 1. The molecule has 0 amide bonds. The number of aromatic nitrogens is 2. The molecule has 0 unspecified atom stereocenters. The summed E-state index contributed by atoms with van der Waals surface area (Å²) in [5.74, 6) is 0. The van der Waals surface area contributed by atoms with E-state index in [1.165, 1.54) is 4.70 Å². The Morgan fingerprint density at radius 3 is 3.20 bits per heavy atom. The van der Waals surface area contributed by atoms with E-state index in [4.69, 9.17) is 0 Å². The van der Waals surface area contributed by atoms with E-state index in [1.54, 1.807) is 17.5 Å². The number of fused-ring (bicyclic) bond motifs is 1. The summed E-state index contributed by atoms with van der Waals surface area (Å²) < 4.78 is 1.17. The summed E-state index contributed by atoms with van der Waals surface area (Å²) in [7, 11) is 0. The van der Waals surface area contributed by atoms with Gasteiger partial charge in [0.15, 0.2) is 0 Å². The predicted molar refractivity (Wildman–Crippen MR) is 42.2 cm³/mol. The molecule has 0 saturated carbocycles. The molecule has 0 aliphatic carbocycles. The molecular formula is C7H6N2S. The van der Waals surface area contributed by atoms with Crippen LogP contribution in [0.3, 0.4) is 0 Å². The Bertz CT molecular complexity index is 320. The van der Waals surface area contributed by atoms with Gasteiger partial charge in [-0.2, -0.15) is 0 Å². The topological polar surface area (TPSA) is 25.8 Å². The van der Waals surface area contributed by atoms with Crippen molar-refractivity contribution in [2.45, 2.75) is 6.92 Å². The van der Waals surface area contributed by atoms with Gasteiger partial charge in [0.25, 0.3) is 0 Å². The fourth-order valence-electron chi connectivity index (χ4n) is 0.895. The summed E-state index contributed by atoms with van der Waals surface area (Å²) in [4.78, 5) is 8.29. The molecule has 2 rings (SSSR count). The Hall–Kier alpha value is -0.960. The van der Waals surface area contributed by atoms with Crippen LogP contribution in [0.25, 0.3) is 10.2 Å². The summed E-state index contributed by atoms with van der Waals surface area (Å²) in [5.41, 5.74) is 1.05. The summed E-state index contributed by atoms with van der Waals surface area (Å²) in [6.07, 6.45) is 3.61. The van der Waals surface area contributed by atoms with Crippen LogP contribution in [-0.4, -0.2) is 9.97 Å². The molecule has 0 N–H and O–H groups in total. The second-order valence-corrected chi connectivity index (χ2v) is 3.31. The van der Waals surface area contributed by atoms with E-state index in [-0.39, 0.29) is 0 Å². The van der Waals surface area contributed by atoms with Crippen LogP contribution in [0.4, 0.5) is 0 Å². The summed E-state index contributed by atoms with van der Waals surface area (Å²) in [6.45, 7) is 2.00. The number of hydrogen-bond donors (Lipinski definition) is 0. The van der Waals surface area contributed by atoms with Gasteiger partial charge in [-0.25, -0.2) is 4.98 Å². The quantitative estimate of drug-likeness (QED) is 0.574. The van der Waals surface area contributed by atoms with Crippen molar-refractivity contribution < 1.29 is 0 Å². The van der Waals surface area contributed by atoms with Crippen molar-refractivity contribution in [2.24, 2.45) is 0 Å². The molecule has 2 aromatic heterocycles. The zero-order valence-electron chi connectivity index (χ0n) is 5.53. The lowest BCUT2D eigenvalue weighted by Gasteiger charge is -1.80. The lowest BCUT2D eigenvalue weighted by atomic mass is 10.4. The number of hydrogen-bond acceptors (Lipinski definition) is 3. The molecule has 0 aromatic carbocycles. The molecule has 2 aromatic rings. The van der Waals surface area contributed by atoms with Crippen molar-refractivity contribution in [1.29, 1.82) is 0 Å². The van der Waals surface area contributed by atoms with Gasteiger partial charge in [0.05, 0.1) is 15.2 Å². The van der Waals surface area contributed by atoms with E-state index in [0.717, 1.165) is 10.5 Å². The van der Waals surface area contributed by atoms with Crippen molar-refractivity contribution in [1.82, 2.24) is 9.97 Å². The number of nitrogens with zero attached hydrogens (tertiary/aromatic N) is 2. The maximum atomic E-state index is 4.29. The summed E-state index contributed by atoms with van der Waals surface area (Å²) in [6, 6.07) is 1.93. The van der Waals surface area contributed by atoms with E-state index in [2.05, 4.69) is 9.97 Å². The minimum Gasteiger partial charge on any atom is -0.263 e. The van der Waals surface area contributed by atoms with Gasteiger partial charge in [0.2, 0.25) is 0 Å². The lowest BCUT2D eigenvalue weighted by Crippen LogP contribution is -1.68. The van der Waals surface area contributed by atoms with Crippen LogP contribution in [0.15, 0.2) is 18.5 Å². The second kappa shape index (κ2) is 2.02. The van der Waals surface area contributed by atoms with Crippen molar-refractivity contribution >= 4 is 21.6 Å². The maximum Gasteiger partial charge on any atom is 0.0908 e. The molecule has 3 heteroatoms. The molecule has 50 valence electrons. The van der Waals surface area contributed by atoms with E-state index >= 15 is 0 Å². The fraction of sp³-hybridized carbons (Fsp3) is 0.143. The van der Waals surface area contributed by atoms with Crippen LogP contribution in [0, 0.1) is 6.92 Å². The predicted octanol–water partition coefficient (Wildman–Crippen LogP) is 2.00. The minimum absolute atomic E-state index is 1.05. The van der Waals surface area contributed by atoms with Crippen molar-refractivity contribution in [2.75, 3.05) is 0 Å². The standard InChI is InChI=1S/C7H6N2S/c1-5-9-6-2-3-8-4-7(6)10-5/h2-4H,1H3. The Morgan fingerprint density at radius 1 is 1.50 bits per heavy atom. The van der Waals surface area contributed by atoms with Crippen molar-refractivity contribution in [3.63, 3.8) is 0 Å². The monoisotopic (exact) mass is 150 g/mol. The first kappa shape index (κ1) is 5.80. The fourth-order valence-corrected chi connectivity index (χ4v) is 1.69. The van der Waals surface area contributed by atoms with Gasteiger partial charge < -0.3 is 0 Å². The number of rotatable bonds is 0. The van der Waals surface area contributed by atoms with E-state index in [1.807, 2.05) is 19.2 Å². The zero-order chi connectivity index (χ0) is 6.97. The highest BCUT2D eigenvalue weighted by molar-refractivity contribution is 7.18. The van der Waals surface area contributed by atoms with Crippen molar-refractivity contribution in [3.8, 4) is 0 Å². The normalized spacial score (nSPS) is 10.5. The van der Waals surface area contributed by atoms with Crippen LogP contribution in [0.1, 0.15) is 5.01 Å². The van der Waals surface area contributed by atoms with Gasteiger partial charge in [-0.1, -0.05) is 0 Å². The minimum atomic E-state index is 1.05. The molecule has 2 nitrogen and oxygen atoms in total. The van der Waals surface area contributed by atoms with Crippen LogP contribution >= 0.6 is 11.3 Å². The average molecular weight is 150 g/mol. The molecule has 0 atom stereocenters. The highest BCUT2D eigenvalue weighted by atomic mass is 32.1. The van der Waals surface area contributed by atoms with Gasteiger partial charge >= 0.3 is 0 Å². The second-order valence-electron chi connectivity index (χ2n) is 2.08. The van der Waals surface area contributed by atoms with Crippen LogP contribution in [0.2, 0.25) is 0 Å². The molecule has 0 aliphatic heterocycles. The molecule has 0 radical (unpaired) electrons. The third-order valence-corrected chi connectivity index (χ3v) is 2.22. The van der Waals surface area contributed by atoms with Crippen LogP contribution in [0.5, 0.6) is 0 Å². The highest BCUT2D eigenvalue weighted by Crippen LogP contribution is 2.18. The summed E-state index contributed by atoms with van der Waals surface area (Å²) in [5, 5.41) is 1.10. The van der Waals surface area contributed by atoms with Gasteiger partial charge in [-0.15, -0.1) is 11.3 Å².